The summed E-state index contributed by atoms with van der Waals surface area (Å²) in [6.45, 7) is 6.64. The predicted molar refractivity (Wildman–Crippen MR) is 103 cm³/mol. The Kier molecular flexibility index (Phi) is 5.07. The number of para-hydroxylation sites is 1. The summed E-state index contributed by atoms with van der Waals surface area (Å²) >= 11 is 0. The van der Waals surface area contributed by atoms with Crippen LogP contribution in [0.1, 0.15) is 49.9 Å². The lowest BCUT2D eigenvalue weighted by Gasteiger charge is -2.30. The predicted octanol–water partition coefficient (Wildman–Crippen LogP) is 3.75. The van der Waals surface area contributed by atoms with Crippen LogP contribution in [-0.2, 0) is 13.0 Å². The molecule has 1 atom stereocenters. The molecule has 1 fully saturated rings. The number of aromatic nitrogens is 2. The second-order valence-electron chi connectivity index (χ2n) is 7.81. The lowest BCUT2D eigenvalue weighted by atomic mass is 9.97. The van der Waals surface area contributed by atoms with Gasteiger partial charge in [0.15, 0.2) is 11.3 Å². The number of hydrogen-bond acceptors (Lipinski definition) is 6. The van der Waals surface area contributed by atoms with Crippen molar-refractivity contribution in [2.24, 2.45) is 5.92 Å². The number of likely N-dealkylation sites (tertiary alicyclic amines) is 1. The third kappa shape index (κ3) is 3.95. The van der Waals surface area contributed by atoms with Crippen LogP contribution in [0, 0.1) is 5.92 Å². The largest absolute Gasteiger partial charge is 0.464 e. The van der Waals surface area contributed by atoms with Crippen LogP contribution in [0.25, 0.3) is 11.0 Å². The highest BCUT2D eigenvalue weighted by atomic mass is 16.5. The van der Waals surface area contributed by atoms with Crippen molar-refractivity contribution in [2.45, 2.75) is 45.6 Å². The van der Waals surface area contributed by atoms with E-state index in [1.807, 2.05) is 24.3 Å². The van der Waals surface area contributed by atoms with Crippen molar-refractivity contribution in [3.8, 4) is 0 Å². The van der Waals surface area contributed by atoms with E-state index in [0.29, 0.717) is 29.0 Å². The minimum atomic E-state index is 0.0518. The van der Waals surface area contributed by atoms with E-state index < -0.39 is 0 Å². The van der Waals surface area contributed by atoms with Crippen molar-refractivity contribution in [3.05, 3.63) is 58.0 Å². The summed E-state index contributed by atoms with van der Waals surface area (Å²) in [4.78, 5) is 19.6. The van der Waals surface area contributed by atoms with Gasteiger partial charge in [0.2, 0.25) is 5.89 Å². The maximum absolute atomic E-state index is 12.7. The monoisotopic (exact) mass is 367 g/mol. The zero-order chi connectivity index (χ0) is 18.8. The van der Waals surface area contributed by atoms with Gasteiger partial charge in [0.05, 0.1) is 17.6 Å². The summed E-state index contributed by atoms with van der Waals surface area (Å²) < 4.78 is 11.2. The van der Waals surface area contributed by atoms with Crippen molar-refractivity contribution in [2.75, 3.05) is 13.1 Å². The summed E-state index contributed by atoms with van der Waals surface area (Å²) in [6.07, 6.45) is 4.51. The molecule has 1 aromatic carbocycles. The lowest BCUT2D eigenvalue weighted by molar-refractivity contribution is 0.179. The molecule has 0 amide bonds. The lowest BCUT2D eigenvalue weighted by Crippen LogP contribution is -2.35. The fourth-order valence-electron chi connectivity index (χ4n) is 3.75. The van der Waals surface area contributed by atoms with Gasteiger partial charge in [-0.05, 0) is 37.4 Å². The first kappa shape index (κ1) is 17.9. The van der Waals surface area contributed by atoms with Crippen molar-refractivity contribution < 1.29 is 8.94 Å². The number of fused-ring (bicyclic) bond motifs is 1. The average molecular weight is 367 g/mol. The molecule has 3 aromatic rings. The summed E-state index contributed by atoms with van der Waals surface area (Å²) in [5.41, 5.74) is 1.38. The minimum Gasteiger partial charge on any atom is -0.464 e. The minimum absolute atomic E-state index is 0.0518. The first-order valence-electron chi connectivity index (χ1n) is 9.64. The van der Waals surface area contributed by atoms with Gasteiger partial charge in [0, 0.05) is 25.1 Å². The molecule has 0 spiro atoms. The van der Waals surface area contributed by atoms with Gasteiger partial charge < -0.3 is 8.94 Å². The maximum Gasteiger partial charge on any atom is 0.231 e. The molecule has 27 heavy (non-hydrogen) atoms. The zero-order valence-electron chi connectivity index (χ0n) is 15.9. The Balaban J connectivity index is 1.48. The second kappa shape index (κ2) is 7.64. The molecule has 2 aromatic heterocycles. The molecule has 6 nitrogen and oxygen atoms in total. The Morgan fingerprint density at radius 2 is 2.15 bits per heavy atom. The van der Waals surface area contributed by atoms with Crippen LogP contribution in [0.4, 0.5) is 0 Å². The van der Waals surface area contributed by atoms with Gasteiger partial charge in [-0.25, -0.2) is 0 Å². The van der Waals surface area contributed by atoms with Crippen molar-refractivity contribution in [1.29, 1.82) is 0 Å². The van der Waals surface area contributed by atoms with E-state index in [0.717, 1.165) is 44.1 Å². The summed E-state index contributed by atoms with van der Waals surface area (Å²) in [5.74, 6) is 2.23. The molecule has 3 heterocycles. The van der Waals surface area contributed by atoms with Gasteiger partial charge in [-0.15, -0.1) is 0 Å². The van der Waals surface area contributed by atoms with Gasteiger partial charge in [-0.2, -0.15) is 4.98 Å². The molecule has 0 N–H and O–H groups in total. The number of rotatable bonds is 5. The summed E-state index contributed by atoms with van der Waals surface area (Å²) in [5, 5.41) is 4.76. The molecular weight excluding hydrogens is 342 g/mol. The Morgan fingerprint density at radius 3 is 3.00 bits per heavy atom. The standard InChI is InChI=1S/C21H25N3O3/c1-14(2)10-19-22-21(27-23-19)15-6-5-9-24(11-15)12-16-13-26-18-8-4-3-7-17(18)20(16)25/h3-4,7-8,13-15H,5-6,9-12H2,1-2H3/t15-/m0/s1. The van der Waals surface area contributed by atoms with E-state index in [9.17, 15) is 4.79 Å². The van der Waals surface area contributed by atoms with E-state index in [2.05, 4.69) is 28.9 Å². The van der Waals surface area contributed by atoms with Crippen LogP contribution in [0.2, 0.25) is 0 Å². The number of hydrogen-bond donors (Lipinski definition) is 0. The van der Waals surface area contributed by atoms with E-state index >= 15 is 0 Å². The SMILES string of the molecule is CC(C)Cc1noc([C@H]2CCCN(Cc3coc4ccccc4c3=O)C2)n1. The van der Waals surface area contributed by atoms with E-state index in [1.165, 1.54) is 0 Å². The average Bonchev–Trinajstić information content (AvgIpc) is 3.12. The Morgan fingerprint density at radius 1 is 1.30 bits per heavy atom. The molecule has 1 saturated heterocycles. The molecule has 0 radical (unpaired) electrons. The fourth-order valence-corrected chi connectivity index (χ4v) is 3.75. The van der Waals surface area contributed by atoms with Crippen LogP contribution in [0.5, 0.6) is 0 Å². The molecule has 6 heteroatoms. The molecule has 1 aliphatic rings. The Bertz CT molecular complexity index is 976. The quantitative estimate of drug-likeness (QED) is 0.684. The molecule has 0 bridgehead atoms. The van der Waals surface area contributed by atoms with Crippen molar-refractivity contribution in [1.82, 2.24) is 15.0 Å². The van der Waals surface area contributed by atoms with Gasteiger partial charge in [0.1, 0.15) is 5.58 Å². The smallest absolute Gasteiger partial charge is 0.231 e. The van der Waals surface area contributed by atoms with Crippen molar-refractivity contribution >= 4 is 11.0 Å². The third-order valence-corrected chi connectivity index (χ3v) is 5.07. The normalized spacial score (nSPS) is 18.4. The summed E-state index contributed by atoms with van der Waals surface area (Å²) in [6, 6.07) is 7.38. The van der Waals surface area contributed by atoms with Gasteiger partial charge in [0.25, 0.3) is 0 Å². The topological polar surface area (TPSA) is 72.4 Å². The fraction of sp³-hybridized carbons (Fsp3) is 0.476. The molecule has 142 valence electrons. The zero-order valence-corrected chi connectivity index (χ0v) is 15.9. The first-order chi connectivity index (χ1) is 13.1. The number of nitrogens with zero attached hydrogens (tertiary/aromatic N) is 3. The first-order valence-corrected chi connectivity index (χ1v) is 9.64. The Labute approximate surface area is 158 Å². The molecule has 0 aliphatic carbocycles. The second-order valence-corrected chi connectivity index (χ2v) is 7.81. The number of piperidine rings is 1. The molecule has 0 unspecified atom stereocenters. The number of benzene rings is 1. The summed E-state index contributed by atoms with van der Waals surface area (Å²) in [7, 11) is 0. The molecule has 4 rings (SSSR count). The third-order valence-electron chi connectivity index (χ3n) is 5.07. The Hall–Kier alpha value is -2.47. The van der Waals surface area contributed by atoms with E-state index in [4.69, 9.17) is 8.94 Å². The maximum atomic E-state index is 12.7. The van der Waals surface area contributed by atoms with E-state index in [1.54, 1.807) is 6.26 Å². The van der Waals surface area contributed by atoms with Gasteiger partial charge >= 0.3 is 0 Å². The van der Waals surface area contributed by atoms with Crippen LogP contribution in [0.15, 0.2) is 44.3 Å². The van der Waals surface area contributed by atoms with Crippen LogP contribution in [-0.4, -0.2) is 28.1 Å². The van der Waals surface area contributed by atoms with Crippen LogP contribution < -0.4 is 5.43 Å². The molecule has 1 aliphatic heterocycles. The molecular formula is C21H25N3O3. The highest BCUT2D eigenvalue weighted by Crippen LogP contribution is 2.27. The van der Waals surface area contributed by atoms with Gasteiger partial charge in [-0.3, -0.25) is 9.69 Å². The highest BCUT2D eigenvalue weighted by Gasteiger charge is 2.26. The van der Waals surface area contributed by atoms with Crippen LogP contribution in [0.3, 0.4) is 0 Å². The van der Waals surface area contributed by atoms with Gasteiger partial charge in [-0.1, -0.05) is 31.1 Å². The highest BCUT2D eigenvalue weighted by molar-refractivity contribution is 5.76. The van der Waals surface area contributed by atoms with Crippen LogP contribution >= 0.6 is 0 Å². The van der Waals surface area contributed by atoms with Crippen molar-refractivity contribution in [3.63, 3.8) is 0 Å². The van der Waals surface area contributed by atoms with E-state index in [-0.39, 0.29) is 11.3 Å². The molecule has 0 saturated carbocycles.